The molecule has 0 bridgehead atoms. The van der Waals surface area contributed by atoms with Gasteiger partial charge in [-0.15, -0.1) is 0 Å². The quantitative estimate of drug-likeness (QED) is 0.726. The predicted molar refractivity (Wildman–Crippen MR) is 89.2 cm³/mol. The van der Waals surface area contributed by atoms with Crippen molar-refractivity contribution in [3.05, 3.63) is 69.9 Å². The van der Waals surface area contributed by atoms with E-state index in [1.54, 1.807) is 6.07 Å². The lowest BCUT2D eigenvalue weighted by atomic mass is 9.94. The van der Waals surface area contributed by atoms with E-state index in [1.807, 2.05) is 37.3 Å². The molecule has 0 aromatic heterocycles. The third-order valence-corrected chi connectivity index (χ3v) is 5.19. The molecule has 0 fully saturated rings. The minimum atomic E-state index is -0.579. The number of amides is 1. The van der Waals surface area contributed by atoms with Gasteiger partial charge in [0.15, 0.2) is 0 Å². The van der Waals surface area contributed by atoms with E-state index in [1.165, 1.54) is 12.1 Å². The molecule has 1 N–H and O–H groups in total. The van der Waals surface area contributed by atoms with Gasteiger partial charge in [-0.3, -0.25) is 4.79 Å². The van der Waals surface area contributed by atoms with E-state index < -0.39 is 11.4 Å². The maximum Gasteiger partial charge on any atom is 0.253 e. The van der Waals surface area contributed by atoms with Crippen LogP contribution in [0.2, 0.25) is 0 Å². The van der Waals surface area contributed by atoms with Crippen LogP contribution in [-0.4, -0.2) is 11.2 Å². The Morgan fingerprint density at radius 3 is 2.48 bits per heavy atom. The van der Waals surface area contributed by atoms with E-state index in [-0.39, 0.29) is 15.9 Å². The van der Waals surface area contributed by atoms with Crippen molar-refractivity contribution >= 4 is 37.8 Å². The SMILES string of the molecule is CC(CBr)(NC(=O)c1cccc(F)c1Br)c1ccccc1. The monoisotopic (exact) mass is 413 g/mol. The fraction of sp³-hybridized carbons (Fsp3) is 0.188. The summed E-state index contributed by atoms with van der Waals surface area (Å²) < 4.78 is 13.7. The molecule has 1 unspecified atom stereocenters. The Balaban J connectivity index is 2.30. The minimum absolute atomic E-state index is 0.174. The molecule has 0 aliphatic rings. The van der Waals surface area contributed by atoms with E-state index in [4.69, 9.17) is 0 Å². The molecule has 110 valence electrons. The van der Waals surface area contributed by atoms with Crippen LogP contribution in [0.25, 0.3) is 0 Å². The number of hydrogen-bond donors (Lipinski definition) is 1. The molecule has 2 rings (SSSR count). The summed E-state index contributed by atoms with van der Waals surface area (Å²) >= 11 is 6.56. The number of rotatable bonds is 4. The van der Waals surface area contributed by atoms with E-state index >= 15 is 0 Å². The second-order valence-corrected chi connectivity index (χ2v) is 6.24. The number of halogens is 3. The molecule has 5 heteroatoms. The van der Waals surface area contributed by atoms with Gasteiger partial charge in [-0.1, -0.05) is 52.3 Å². The van der Waals surface area contributed by atoms with Crippen LogP contribution in [0.15, 0.2) is 53.0 Å². The van der Waals surface area contributed by atoms with Crippen LogP contribution in [-0.2, 0) is 5.54 Å². The van der Waals surface area contributed by atoms with Crippen molar-refractivity contribution in [2.75, 3.05) is 5.33 Å². The number of hydrogen-bond acceptors (Lipinski definition) is 1. The van der Waals surface area contributed by atoms with Gasteiger partial charge in [0.1, 0.15) is 5.82 Å². The Kier molecular flexibility index (Phi) is 5.17. The third kappa shape index (κ3) is 3.52. The lowest BCUT2D eigenvalue weighted by Gasteiger charge is -2.29. The molecule has 2 nitrogen and oxygen atoms in total. The van der Waals surface area contributed by atoms with Crippen LogP contribution in [0.5, 0.6) is 0 Å². The summed E-state index contributed by atoms with van der Waals surface area (Å²) in [7, 11) is 0. The van der Waals surface area contributed by atoms with Crippen LogP contribution in [0.3, 0.4) is 0 Å². The van der Waals surface area contributed by atoms with Crippen LogP contribution >= 0.6 is 31.9 Å². The first-order valence-electron chi connectivity index (χ1n) is 6.36. The molecule has 0 radical (unpaired) electrons. The number of carbonyl (C=O) groups is 1. The van der Waals surface area contributed by atoms with E-state index in [9.17, 15) is 9.18 Å². The molecular formula is C16H14Br2FNO. The molecule has 2 aromatic rings. The fourth-order valence-corrected chi connectivity index (χ4v) is 2.89. The highest BCUT2D eigenvalue weighted by molar-refractivity contribution is 9.10. The summed E-state index contributed by atoms with van der Waals surface area (Å²) in [5, 5.41) is 3.51. The highest BCUT2D eigenvalue weighted by Crippen LogP contribution is 2.26. The van der Waals surface area contributed by atoms with Gasteiger partial charge < -0.3 is 5.32 Å². The van der Waals surface area contributed by atoms with Crippen molar-refractivity contribution in [1.29, 1.82) is 0 Å². The zero-order valence-electron chi connectivity index (χ0n) is 11.4. The van der Waals surface area contributed by atoms with Crippen molar-refractivity contribution in [3.8, 4) is 0 Å². The molecule has 1 amide bonds. The molecule has 0 heterocycles. The van der Waals surface area contributed by atoms with Gasteiger partial charge in [-0.05, 0) is 40.5 Å². The number of alkyl halides is 1. The van der Waals surface area contributed by atoms with Gasteiger partial charge in [0.25, 0.3) is 5.91 Å². The topological polar surface area (TPSA) is 29.1 Å². The molecule has 0 spiro atoms. The largest absolute Gasteiger partial charge is 0.342 e. The molecular weight excluding hydrogens is 401 g/mol. The molecule has 0 aliphatic heterocycles. The van der Waals surface area contributed by atoms with Crippen LogP contribution in [0.4, 0.5) is 4.39 Å². The second-order valence-electron chi connectivity index (χ2n) is 4.89. The fourth-order valence-electron chi connectivity index (χ4n) is 1.99. The Morgan fingerprint density at radius 1 is 1.19 bits per heavy atom. The molecule has 0 aliphatic carbocycles. The lowest BCUT2D eigenvalue weighted by molar-refractivity contribution is 0.0913. The maximum atomic E-state index is 13.5. The van der Waals surface area contributed by atoms with E-state index in [2.05, 4.69) is 37.2 Å². The van der Waals surface area contributed by atoms with Gasteiger partial charge in [0, 0.05) is 5.33 Å². The summed E-state index contributed by atoms with van der Waals surface area (Å²) in [6.45, 7) is 1.92. The highest BCUT2D eigenvalue weighted by atomic mass is 79.9. The molecule has 21 heavy (non-hydrogen) atoms. The summed E-state index contributed by atoms with van der Waals surface area (Å²) in [4.78, 5) is 12.4. The third-order valence-electron chi connectivity index (χ3n) is 3.26. The lowest BCUT2D eigenvalue weighted by Crippen LogP contribution is -2.45. The van der Waals surface area contributed by atoms with Crippen molar-refractivity contribution in [2.24, 2.45) is 0 Å². The standard InChI is InChI=1S/C16H14Br2FNO/c1-16(10-17,11-6-3-2-4-7-11)20-15(21)12-8-5-9-13(19)14(12)18/h2-9H,10H2,1H3,(H,20,21). The zero-order chi connectivity index (χ0) is 15.5. The summed E-state index contributed by atoms with van der Waals surface area (Å²) in [6.07, 6.45) is 0. The molecule has 0 saturated carbocycles. The normalized spacial score (nSPS) is 13.5. The van der Waals surface area contributed by atoms with Gasteiger partial charge in [-0.2, -0.15) is 0 Å². The Morgan fingerprint density at radius 2 is 1.86 bits per heavy atom. The summed E-state index contributed by atoms with van der Waals surface area (Å²) in [5.74, 6) is -0.782. The van der Waals surface area contributed by atoms with Crippen LogP contribution in [0.1, 0.15) is 22.8 Å². The summed E-state index contributed by atoms with van der Waals surface area (Å²) in [5.41, 5.74) is 0.672. The Hall–Kier alpha value is -1.20. The maximum absolute atomic E-state index is 13.5. The van der Waals surface area contributed by atoms with Crippen molar-refractivity contribution in [1.82, 2.24) is 5.32 Å². The van der Waals surface area contributed by atoms with Crippen LogP contribution in [0, 0.1) is 5.82 Å². The first-order valence-corrected chi connectivity index (χ1v) is 8.27. The van der Waals surface area contributed by atoms with Gasteiger partial charge >= 0.3 is 0 Å². The van der Waals surface area contributed by atoms with E-state index in [0.717, 1.165) is 5.56 Å². The van der Waals surface area contributed by atoms with Gasteiger partial charge in [0.2, 0.25) is 0 Å². The van der Waals surface area contributed by atoms with Crippen molar-refractivity contribution in [2.45, 2.75) is 12.5 Å². The Bertz CT molecular complexity index is 648. The number of carbonyl (C=O) groups excluding carboxylic acids is 1. The highest BCUT2D eigenvalue weighted by Gasteiger charge is 2.28. The smallest absolute Gasteiger partial charge is 0.253 e. The Labute approximate surface area is 140 Å². The first-order chi connectivity index (χ1) is 9.98. The minimum Gasteiger partial charge on any atom is -0.342 e. The van der Waals surface area contributed by atoms with Gasteiger partial charge in [0.05, 0.1) is 15.6 Å². The zero-order valence-corrected chi connectivity index (χ0v) is 14.5. The average Bonchev–Trinajstić information content (AvgIpc) is 2.50. The van der Waals surface area contributed by atoms with Gasteiger partial charge in [-0.25, -0.2) is 4.39 Å². The number of benzene rings is 2. The average molecular weight is 415 g/mol. The summed E-state index contributed by atoms with van der Waals surface area (Å²) in [6, 6.07) is 14.1. The van der Waals surface area contributed by atoms with Crippen molar-refractivity contribution in [3.63, 3.8) is 0 Å². The first kappa shape index (κ1) is 16.2. The van der Waals surface area contributed by atoms with Crippen LogP contribution < -0.4 is 5.32 Å². The predicted octanol–water partition coefficient (Wildman–Crippen LogP) is 4.63. The van der Waals surface area contributed by atoms with Crippen molar-refractivity contribution < 1.29 is 9.18 Å². The van der Waals surface area contributed by atoms with E-state index in [0.29, 0.717) is 5.33 Å². The number of nitrogens with one attached hydrogen (secondary N) is 1. The molecule has 0 saturated heterocycles. The molecule has 1 atom stereocenters. The second kappa shape index (κ2) is 6.71. The molecule has 2 aromatic carbocycles.